The number of unbranched alkanes of at least 4 members (excludes halogenated alkanes) is 2. The SMILES string of the molecule is CCCCCC(C)NC(=NCc1cccc(NC(=O)CCN2CCOCC2)c1)NCC.I. The van der Waals surface area contributed by atoms with Gasteiger partial charge in [0.25, 0.3) is 0 Å². The number of halogens is 1. The number of nitrogens with one attached hydrogen (secondary N) is 3. The highest BCUT2D eigenvalue weighted by atomic mass is 127. The van der Waals surface area contributed by atoms with Crippen molar-refractivity contribution >= 4 is 41.5 Å². The van der Waals surface area contributed by atoms with Gasteiger partial charge < -0.3 is 20.7 Å². The third-order valence-corrected chi connectivity index (χ3v) is 5.36. The van der Waals surface area contributed by atoms with Crippen molar-refractivity contribution in [2.75, 3.05) is 44.7 Å². The van der Waals surface area contributed by atoms with Gasteiger partial charge in [0.05, 0.1) is 19.8 Å². The Hall–Kier alpha value is -1.39. The van der Waals surface area contributed by atoms with Crippen LogP contribution in [-0.4, -0.2) is 62.2 Å². The highest BCUT2D eigenvalue weighted by Crippen LogP contribution is 2.12. The first-order valence-electron chi connectivity index (χ1n) is 11.8. The minimum atomic E-state index is 0. The lowest BCUT2D eigenvalue weighted by Crippen LogP contribution is -2.42. The number of aliphatic imine (C=N–C) groups is 1. The lowest BCUT2D eigenvalue weighted by molar-refractivity contribution is -0.116. The summed E-state index contributed by atoms with van der Waals surface area (Å²) in [7, 11) is 0. The van der Waals surface area contributed by atoms with Gasteiger partial charge in [-0.2, -0.15) is 0 Å². The second-order valence-electron chi connectivity index (χ2n) is 8.19. The van der Waals surface area contributed by atoms with Crippen molar-refractivity contribution in [2.24, 2.45) is 4.99 Å². The summed E-state index contributed by atoms with van der Waals surface area (Å²) in [5.74, 6) is 0.884. The fourth-order valence-electron chi connectivity index (χ4n) is 3.55. The number of hydrogen-bond donors (Lipinski definition) is 3. The van der Waals surface area contributed by atoms with E-state index < -0.39 is 0 Å². The fraction of sp³-hybridized carbons (Fsp3) is 0.667. The largest absolute Gasteiger partial charge is 0.379 e. The van der Waals surface area contributed by atoms with Crippen LogP contribution in [0.5, 0.6) is 0 Å². The molecule has 1 aromatic rings. The molecule has 1 heterocycles. The van der Waals surface area contributed by atoms with Crippen molar-refractivity contribution in [3.8, 4) is 0 Å². The van der Waals surface area contributed by atoms with Gasteiger partial charge in [-0.05, 0) is 38.0 Å². The smallest absolute Gasteiger partial charge is 0.225 e. The van der Waals surface area contributed by atoms with Crippen LogP contribution in [0.2, 0.25) is 0 Å². The van der Waals surface area contributed by atoms with Gasteiger partial charge >= 0.3 is 0 Å². The third-order valence-electron chi connectivity index (χ3n) is 5.36. The van der Waals surface area contributed by atoms with Gasteiger partial charge in [0.15, 0.2) is 5.96 Å². The first-order chi connectivity index (χ1) is 15.1. The van der Waals surface area contributed by atoms with Crippen LogP contribution in [0.15, 0.2) is 29.3 Å². The quantitative estimate of drug-likeness (QED) is 0.156. The summed E-state index contributed by atoms with van der Waals surface area (Å²) in [6.07, 6.45) is 5.37. The van der Waals surface area contributed by atoms with E-state index in [1.807, 2.05) is 24.3 Å². The standard InChI is InChI=1S/C24H41N5O2.HI/c1-4-6-7-9-20(3)27-24(25-5-2)26-19-21-10-8-11-22(18-21)28-23(30)12-13-29-14-16-31-17-15-29;/h8,10-11,18,20H,4-7,9,12-17,19H2,1-3H3,(H,28,30)(H2,25,26,27);1H. The number of nitrogens with zero attached hydrogens (tertiary/aromatic N) is 2. The molecule has 7 nitrogen and oxygen atoms in total. The van der Waals surface area contributed by atoms with Crippen molar-refractivity contribution in [1.82, 2.24) is 15.5 Å². The number of anilines is 1. The molecule has 1 fully saturated rings. The van der Waals surface area contributed by atoms with Crippen LogP contribution in [0.1, 0.15) is 58.4 Å². The molecule has 2 rings (SSSR count). The summed E-state index contributed by atoms with van der Waals surface area (Å²) in [6.45, 7) is 12.0. The van der Waals surface area contributed by atoms with Gasteiger partial charge in [0.1, 0.15) is 0 Å². The third kappa shape index (κ3) is 12.0. The van der Waals surface area contributed by atoms with E-state index in [2.05, 4.69) is 41.6 Å². The van der Waals surface area contributed by atoms with Crippen LogP contribution >= 0.6 is 24.0 Å². The Kier molecular flexibility index (Phi) is 15.3. The Labute approximate surface area is 211 Å². The van der Waals surface area contributed by atoms with E-state index in [0.29, 0.717) is 19.0 Å². The average Bonchev–Trinajstić information content (AvgIpc) is 2.77. The van der Waals surface area contributed by atoms with Crippen LogP contribution in [-0.2, 0) is 16.1 Å². The molecule has 182 valence electrons. The summed E-state index contributed by atoms with van der Waals surface area (Å²) in [4.78, 5) is 19.3. The molecule has 0 bridgehead atoms. The molecule has 8 heteroatoms. The zero-order valence-corrected chi connectivity index (χ0v) is 22.3. The Morgan fingerprint density at radius 2 is 2.00 bits per heavy atom. The van der Waals surface area contributed by atoms with E-state index in [4.69, 9.17) is 9.73 Å². The van der Waals surface area contributed by atoms with E-state index in [1.54, 1.807) is 0 Å². The molecule has 0 spiro atoms. The lowest BCUT2D eigenvalue weighted by atomic mass is 10.1. The lowest BCUT2D eigenvalue weighted by Gasteiger charge is -2.26. The maximum atomic E-state index is 12.3. The monoisotopic (exact) mass is 559 g/mol. The number of guanidine groups is 1. The number of amides is 1. The Bertz CT molecular complexity index is 680. The van der Waals surface area contributed by atoms with Crippen LogP contribution in [0.3, 0.4) is 0 Å². The highest BCUT2D eigenvalue weighted by Gasteiger charge is 2.12. The summed E-state index contributed by atoms with van der Waals surface area (Å²) >= 11 is 0. The van der Waals surface area contributed by atoms with Gasteiger partial charge in [-0.25, -0.2) is 4.99 Å². The van der Waals surface area contributed by atoms with Crippen molar-refractivity contribution in [3.63, 3.8) is 0 Å². The fourth-order valence-corrected chi connectivity index (χ4v) is 3.55. The molecule has 1 saturated heterocycles. The predicted octanol–water partition coefficient (Wildman–Crippen LogP) is 3.99. The topological polar surface area (TPSA) is 78.0 Å². The van der Waals surface area contributed by atoms with Gasteiger partial charge in [-0.1, -0.05) is 38.3 Å². The van der Waals surface area contributed by atoms with E-state index in [-0.39, 0.29) is 29.9 Å². The molecule has 0 aromatic heterocycles. The van der Waals surface area contributed by atoms with Gasteiger partial charge in [-0.15, -0.1) is 24.0 Å². The van der Waals surface area contributed by atoms with Gasteiger partial charge in [-0.3, -0.25) is 9.69 Å². The number of hydrogen-bond acceptors (Lipinski definition) is 4. The zero-order valence-electron chi connectivity index (χ0n) is 20.0. The molecule has 1 aliphatic rings. The van der Waals surface area contributed by atoms with Crippen LogP contribution in [0.25, 0.3) is 0 Å². The summed E-state index contributed by atoms with van der Waals surface area (Å²) in [5, 5.41) is 9.84. The van der Waals surface area contributed by atoms with Crippen molar-refractivity contribution in [2.45, 2.75) is 65.5 Å². The Morgan fingerprint density at radius 1 is 1.22 bits per heavy atom. The Morgan fingerprint density at radius 3 is 2.72 bits per heavy atom. The number of morpholine rings is 1. The zero-order chi connectivity index (χ0) is 22.3. The van der Waals surface area contributed by atoms with Gasteiger partial charge in [0.2, 0.25) is 5.91 Å². The van der Waals surface area contributed by atoms with Crippen molar-refractivity contribution in [3.05, 3.63) is 29.8 Å². The molecule has 3 N–H and O–H groups in total. The summed E-state index contributed by atoms with van der Waals surface area (Å²) in [5.41, 5.74) is 1.90. The van der Waals surface area contributed by atoms with E-state index in [1.165, 1.54) is 19.3 Å². The molecule has 0 saturated carbocycles. The minimum absolute atomic E-state index is 0. The number of carbonyl (C=O) groups is 1. The van der Waals surface area contributed by atoms with Crippen LogP contribution < -0.4 is 16.0 Å². The Balaban J connectivity index is 0.00000512. The first-order valence-corrected chi connectivity index (χ1v) is 11.8. The second-order valence-corrected chi connectivity index (χ2v) is 8.19. The van der Waals surface area contributed by atoms with E-state index >= 15 is 0 Å². The number of carbonyl (C=O) groups excluding carboxylic acids is 1. The molecular formula is C24H42IN5O2. The van der Waals surface area contributed by atoms with Crippen molar-refractivity contribution < 1.29 is 9.53 Å². The average molecular weight is 560 g/mol. The second kappa shape index (κ2) is 17.1. The molecule has 1 aliphatic heterocycles. The summed E-state index contributed by atoms with van der Waals surface area (Å²) in [6, 6.07) is 8.34. The molecule has 1 amide bonds. The molecule has 32 heavy (non-hydrogen) atoms. The van der Waals surface area contributed by atoms with Crippen LogP contribution in [0.4, 0.5) is 5.69 Å². The number of benzene rings is 1. The van der Waals surface area contributed by atoms with E-state index in [9.17, 15) is 4.79 Å². The molecule has 1 aromatic carbocycles. The first kappa shape index (κ1) is 28.6. The maximum absolute atomic E-state index is 12.3. The summed E-state index contributed by atoms with van der Waals surface area (Å²) < 4.78 is 5.35. The maximum Gasteiger partial charge on any atom is 0.225 e. The molecule has 1 atom stereocenters. The molecular weight excluding hydrogens is 517 g/mol. The molecule has 1 unspecified atom stereocenters. The van der Waals surface area contributed by atoms with Gasteiger partial charge in [0, 0.05) is 44.3 Å². The predicted molar refractivity (Wildman–Crippen MR) is 144 cm³/mol. The van der Waals surface area contributed by atoms with Crippen molar-refractivity contribution in [1.29, 1.82) is 0 Å². The molecule has 0 radical (unpaired) electrons. The minimum Gasteiger partial charge on any atom is -0.379 e. The highest BCUT2D eigenvalue weighted by molar-refractivity contribution is 14.0. The van der Waals surface area contributed by atoms with Crippen LogP contribution in [0, 0.1) is 0 Å². The normalized spacial score (nSPS) is 15.5. The van der Waals surface area contributed by atoms with E-state index in [0.717, 1.165) is 63.0 Å². The number of ether oxygens (including phenoxy) is 1. The molecule has 0 aliphatic carbocycles. The number of rotatable bonds is 12.